The third-order valence-electron chi connectivity index (χ3n) is 2.26. The van der Waals surface area contributed by atoms with Gasteiger partial charge in [0.05, 0.1) is 18.0 Å². The number of carbonyl (C=O) groups excluding carboxylic acids is 1. The fourth-order valence-electron chi connectivity index (χ4n) is 1.18. The number of hydrogen-bond donors (Lipinski definition) is 1. The standard InChI is InChI=1S/C10H18F2N2O2S/c1-7(5-9(13)17)14(2)10(15)3-4-16-6-8(11)12/h7-8H,3-6H2,1-2H3,(H2,13,17). The second-order valence-electron chi connectivity index (χ2n) is 3.74. The molecular weight excluding hydrogens is 250 g/mol. The van der Waals surface area contributed by atoms with Gasteiger partial charge in [-0.2, -0.15) is 0 Å². The molecule has 0 aromatic rings. The van der Waals surface area contributed by atoms with Gasteiger partial charge in [-0.25, -0.2) is 8.78 Å². The quantitative estimate of drug-likeness (QED) is 0.530. The molecule has 0 rings (SSSR count). The van der Waals surface area contributed by atoms with E-state index in [9.17, 15) is 13.6 Å². The number of carbonyl (C=O) groups is 1. The number of nitrogens with two attached hydrogens (primary N) is 1. The molecule has 0 aromatic heterocycles. The van der Waals surface area contributed by atoms with Gasteiger partial charge in [0.15, 0.2) is 0 Å². The summed E-state index contributed by atoms with van der Waals surface area (Å²) in [5, 5.41) is 0. The van der Waals surface area contributed by atoms with Crippen LogP contribution in [0.5, 0.6) is 0 Å². The Kier molecular flexibility index (Phi) is 7.90. The molecule has 0 aliphatic rings. The summed E-state index contributed by atoms with van der Waals surface area (Å²) in [5.41, 5.74) is 5.37. The smallest absolute Gasteiger partial charge is 0.261 e. The van der Waals surface area contributed by atoms with E-state index >= 15 is 0 Å². The van der Waals surface area contributed by atoms with Crippen molar-refractivity contribution in [3.8, 4) is 0 Å². The van der Waals surface area contributed by atoms with Crippen LogP contribution in [0.2, 0.25) is 0 Å². The van der Waals surface area contributed by atoms with E-state index in [-0.39, 0.29) is 25.0 Å². The van der Waals surface area contributed by atoms with Crippen LogP contribution in [0, 0.1) is 0 Å². The number of rotatable bonds is 8. The summed E-state index contributed by atoms with van der Waals surface area (Å²) < 4.78 is 28.1. The fraction of sp³-hybridized carbons (Fsp3) is 0.800. The maximum absolute atomic E-state index is 11.7. The van der Waals surface area contributed by atoms with Crippen LogP contribution < -0.4 is 5.73 Å². The molecule has 0 aliphatic heterocycles. The van der Waals surface area contributed by atoms with E-state index in [1.165, 1.54) is 4.90 Å². The lowest BCUT2D eigenvalue weighted by atomic mass is 10.2. The van der Waals surface area contributed by atoms with E-state index in [0.717, 1.165) is 0 Å². The van der Waals surface area contributed by atoms with Gasteiger partial charge in [0.2, 0.25) is 5.91 Å². The SMILES string of the molecule is CC(CC(N)=S)N(C)C(=O)CCOCC(F)F. The number of nitrogens with zero attached hydrogens (tertiary/aromatic N) is 1. The van der Waals surface area contributed by atoms with Crippen molar-refractivity contribution in [3.05, 3.63) is 0 Å². The van der Waals surface area contributed by atoms with Crippen molar-refractivity contribution >= 4 is 23.1 Å². The first-order valence-electron chi connectivity index (χ1n) is 5.24. The molecule has 1 unspecified atom stereocenters. The lowest BCUT2D eigenvalue weighted by molar-refractivity contribution is -0.133. The second kappa shape index (κ2) is 8.30. The summed E-state index contributed by atoms with van der Waals surface area (Å²) in [5.74, 6) is -0.178. The summed E-state index contributed by atoms with van der Waals surface area (Å²) in [7, 11) is 1.62. The van der Waals surface area contributed by atoms with Crippen LogP contribution in [-0.4, -0.2) is 48.5 Å². The number of thiocarbonyl (C=S) groups is 1. The zero-order chi connectivity index (χ0) is 13.4. The Hall–Kier alpha value is -0.820. The van der Waals surface area contributed by atoms with Crippen LogP contribution in [0.15, 0.2) is 0 Å². The van der Waals surface area contributed by atoms with Crippen LogP contribution >= 0.6 is 12.2 Å². The Bertz CT molecular complexity index is 265. The highest BCUT2D eigenvalue weighted by Gasteiger charge is 2.16. The van der Waals surface area contributed by atoms with E-state index in [1.807, 2.05) is 6.92 Å². The Labute approximate surface area is 105 Å². The van der Waals surface area contributed by atoms with Gasteiger partial charge in [-0.15, -0.1) is 0 Å². The fourth-order valence-corrected chi connectivity index (χ4v) is 1.42. The summed E-state index contributed by atoms with van der Waals surface area (Å²) >= 11 is 4.74. The van der Waals surface area contributed by atoms with Gasteiger partial charge in [-0.1, -0.05) is 12.2 Å². The third-order valence-corrected chi connectivity index (χ3v) is 2.42. The number of alkyl halides is 2. The summed E-state index contributed by atoms with van der Waals surface area (Å²) in [6.07, 6.45) is -1.99. The lowest BCUT2D eigenvalue weighted by Gasteiger charge is -2.24. The normalized spacial score (nSPS) is 12.5. The first kappa shape index (κ1) is 16.2. The highest BCUT2D eigenvalue weighted by atomic mass is 32.1. The minimum atomic E-state index is -2.50. The average Bonchev–Trinajstić information content (AvgIpc) is 2.21. The summed E-state index contributed by atoms with van der Waals surface area (Å²) in [6.45, 7) is 1.17. The van der Waals surface area contributed by atoms with Gasteiger partial charge in [0, 0.05) is 19.5 Å². The largest absolute Gasteiger partial charge is 0.393 e. The molecule has 17 heavy (non-hydrogen) atoms. The van der Waals surface area contributed by atoms with Gasteiger partial charge in [-0.3, -0.25) is 4.79 Å². The molecule has 0 saturated heterocycles. The van der Waals surface area contributed by atoms with E-state index in [2.05, 4.69) is 4.74 Å². The number of hydrogen-bond acceptors (Lipinski definition) is 3. The first-order chi connectivity index (χ1) is 7.84. The van der Waals surface area contributed by atoms with E-state index in [1.54, 1.807) is 7.05 Å². The molecule has 100 valence electrons. The van der Waals surface area contributed by atoms with E-state index in [0.29, 0.717) is 11.4 Å². The molecule has 0 aromatic carbocycles. The predicted octanol–water partition coefficient (Wildman–Crippen LogP) is 1.18. The highest BCUT2D eigenvalue weighted by Crippen LogP contribution is 2.04. The zero-order valence-corrected chi connectivity index (χ0v) is 10.8. The van der Waals surface area contributed by atoms with Crippen LogP contribution in [0.3, 0.4) is 0 Å². The molecule has 7 heteroatoms. The van der Waals surface area contributed by atoms with Gasteiger partial charge in [0.25, 0.3) is 6.43 Å². The highest BCUT2D eigenvalue weighted by molar-refractivity contribution is 7.80. The minimum absolute atomic E-state index is 0.00664. The van der Waals surface area contributed by atoms with Crippen molar-refractivity contribution in [2.75, 3.05) is 20.3 Å². The number of halogens is 2. The van der Waals surface area contributed by atoms with E-state index < -0.39 is 13.0 Å². The Balaban J connectivity index is 3.85. The number of amides is 1. The predicted molar refractivity (Wildman–Crippen MR) is 65.1 cm³/mol. The van der Waals surface area contributed by atoms with Crippen molar-refractivity contribution < 1.29 is 18.3 Å². The molecule has 0 fully saturated rings. The molecule has 0 heterocycles. The molecule has 1 atom stereocenters. The monoisotopic (exact) mass is 268 g/mol. The van der Waals surface area contributed by atoms with Crippen molar-refractivity contribution in [1.29, 1.82) is 0 Å². The Morgan fingerprint density at radius 3 is 2.59 bits per heavy atom. The minimum Gasteiger partial charge on any atom is -0.393 e. The molecule has 0 spiro atoms. The van der Waals surface area contributed by atoms with Crippen LogP contribution in [0.25, 0.3) is 0 Å². The van der Waals surface area contributed by atoms with Crippen molar-refractivity contribution in [2.24, 2.45) is 5.73 Å². The molecule has 0 bridgehead atoms. The Morgan fingerprint density at radius 2 is 2.12 bits per heavy atom. The molecule has 4 nitrogen and oxygen atoms in total. The Morgan fingerprint density at radius 1 is 1.53 bits per heavy atom. The van der Waals surface area contributed by atoms with Gasteiger partial charge in [0.1, 0.15) is 6.61 Å². The topological polar surface area (TPSA) is 55.6 Å². The zero-order valence-electron chi connectivity index (χ0n) is 9.99. The summed E-state index contributed by atoms with van der Waals surface area (Å²) in [6, 6.07) is -0.102. The van der Waals surface area contributed by atoms with Crippen LogP contribution in [0.1, 0.15) is 19.8 Å². The first-order valence-corrected chi connectivity index (χ1v) is 5.65. The van der Waals surface area contributed by atoms with Crippen molar-refractivity contribution in [3.63, 3.8) is 0 Å². The molecule has 1 amide bonds. The van der Waals surface area contributed by atoms with Gasteiger partial charge >= 0.3 is 0 Å². The average molecular weight is 268 g/mol. The van der Waals surface area contributed by atoms with Crippen LogP contribution in [-0.2, 0) is 9.53 Å². The third kappa shape index (κ3) is 7.98. The number of ether oxygens (including phenoxy) is 1. The maximum Gasteiger partial charge on any atom is 0.261 e. The molecule has 0 aliphatic carbocycles. The van der Waals surface area contributed by atoms with E-state index in [4.69, 9.17) is 18.0 Å². The molecular formula is C10H18F2N2O2S. The van der Waals surface area contributed by atoms with Crippen molar-refractivity contribution in [2.45, 2.75) is 32.2 Å². The maximum atomic E-state index is 11.7. The molecule has 2 N–H and O–H groups in total. The lowest BCUT2D eigenvalue weighted by Crippen LogP contribution is -2.37. The second-order valence-corrected chi connectivity index (χ2v) is 4.26. The van der Waals surface area contributed by atoms with Crippen molar-refractivity contribution in [1.82, 2.24) is 4.90 Å². The van der Waals surface area contributed by atoms with Gasteiger partial charge < -0.3 is 15.4 Å². The van der Waals surface area contributed by atoms with Gasteiger partial charge in [-0.05, 0) is 6.92 Å². The summed E-state index contributed by atoms with van der Waals surface area (Å²) in [4.78, 5) is 13.4. The van der Waals surface area contributed by atoms with Crippen LogP contribution in [0.4, 0.5) is 8.78 Å². The molecule has 0 saturated carbocycles. The molecule has 0 radical (unpaired) electrons.